The maximum atomic E-state index is 13.3. The van der Waals surface area contributed by atoms with Crippen molar-refractivity contribution in [1.29, 1.82) is 0 Å². The summed E-state index contributed by atoms with van der Waals surface area (Å²) >= 11 is 0. The zero-order valence-electron chi connectivity index (χ0n) is 23.5. The molecule has 38 heavy (non-hydrogen) atoms. The van der Waals surface area contributed by atoms with Crippen molar-refractivity contribution in [3.63, 3.8) is 0 Å². The van der Waals surface area contributed by atoms with Gasteiger partial charge in [-0.3, -0.25) is 9.59 Å². The van der Waals surface area contributed by atoms with E-state index in [-0.39, 0.29) is 28.9 Å². The van der Waals surface area contributed by atoms with Gasteiger partial charge in [0.2, 0.25) is 11.7 Å². The molecule has 2 saturated carbocycles. The number of carbonyl (C=O) groups excluding carboxylic acids is 2. The van der Waals surface area contributed by atoms with Gasteiger partial charge in [-0.25, -0.2) is 0 Å². The Hall–Kier alpha value is -2.96. The minimum absolute atomic E-state index is 0.000726. The number of hydrogen-bond donors (Lipinski definition) is 1. The number of fused-ring (bicyclic) bond motifs is 5. The van der Waals surface area contributed by atoms with Crippen LogP contribution in [0.4, 0.5) is 0 Å². The third-order valence-electron chi connectivity index (χ3n) is 9.94. The number of methoxy groups -OCH3 is 3. The summed E-state index contributed by atoms with van der Waals surface area (Å²) in [6, 6.07) is 3.77. The van der Waals surface area contributed by atoms with Gasteiger partial charge in [0, 0.05) is 24.5 Å². The van der Waals surface area contributed by atoms with Gasteiger partial charge in [-0.05, 0) is 92.4 Å². The van der Waals surface area contributed by atoms with Crippen LogP contribution >= 0.6 is 0 Å². The lowest BCUT2D eigenvalue weighted by molar-refractivity contribution is -0.148. The van der Waals surface area contributed by atoms with E-state index in [1.54, 1.807) is 21.3 Å². The summed E-state index contributed by atoms with van der Waals surface area (Å²) in [5.74, 6) is 2.91. The Morgan fingerprint density at radius 2 is 1.71 bits per heavy atom. The fourth-order valence-corrected chi connectivity index (χ4v) is 7.99. The fraction of sp³-hybridized carbons (Fsp3) is 0.613. The molecule has 1 aliphatic heterocycles. The first-order chi connectivity index (χ1) is 18.1. The Bertz CT molecular complexity index is 1160. The van der Waals surface area contributed by atoms with Crippen LogP contribution < -0.4 is 19.5 Å². The van der Waals surface area contributed by atoms with Crippen molar-refractivity contribution in [2.24, 2.45) is 23.2 Å². The topological polar surface area (TPSA) is 83.1 Å². The molecule has 4 aliphatic rings. The monoisotopic (exact) mass is 523 g/mol. The number of esters is 1. The Labute approximate surface area is 225 Å². The predicted octanol–water partition coefficient (Wildman–Crippen LogP) is 5.47. The van der Waals surface area contributed by atoms with E-state index in [9.17, 15) is 9.59 Å². The van der Waals surface area contributed by atoms with Gasteiger partial charge < -0.3 is 24.3 Å². The van der Waals surface area contributed by atoms with E-state index >= 15 is 0 Å². The Kier molecular flexibility index (Phi) is 6.99. The Morgan fingerprint density at radius 3 is 2.34 bits per heavy atom. The van der Waals surface area contributed by atoms with Crippen molar-refractivity contribution in [3.8, 4) is 17.2 Å². The van der Waals surface area contributed by atoms with E-state index < -0.39 is 0 Å². The van der Waals surface area contributed by atoms with Crippen molar-refractivity contribution >= 4 is 18.0 Å². The largest absolute Gasteiger partial charge is 0.493 e. The van der Waals surface area contributed by atoms with Gasteiger partial charge in [0.25, 0.3) is 0 Å². The summed E-state index contributed by atoms with van der Waals surface area (Å²) in [6.07, 6.45) is 11.1. The first-order valence-corrected chi connectivity index (χ1v) is 13.8. The lowest BCUT2D eigenvalue weighted by Gasteiger charge is -2.60. The smallest absolute Gasteiger partial charge is 0.302 e. The molecule has 0 unspecified atom stereocenters. The van der Waals surface area contributed by atoms with Crippen molar-refractivity contribution in [2.45, 2.75) is 77.4 Å². The van der Waals surface area contributed by atoms with Crippen LogP contribution in [0.25, 0.3) is 6.08 Å². The maximum absolute atomic E-state index is 13.3. The predicted molar refractivity (Wildman–Crippen MR) is 145 cm³/mol. The molecular weight excluding hydrogens is 482 g/mol. The highest BCUT2D eigenvalue weighted by Crippen LogP contribution is 2.61. The molecular formula is C31H41NO6. The van der Waals surface area contributed by atoms with E-state index in [2.05, 4.69) is 25.2 Å². The summed E-state index contributed by atoms with van der Waals surface area (Å²) in [5, 5.41) is 3.42. The highest BCUT2D eigenvalue weighted by atomic mass is 16.5. The van der Waals surface area contributed by atoms with Crippen LogP contribution in [0, 0.1) is 23.2 Å². The van der Waals surface area contributed by atoms with Crippen molar-refractivity contribution in [3.05, 3.63) is 34.9 Å². The summed E-state index contributed by atoms with van der Waals surface area (Å²) in [4.78, 5) is 24.9. The van der Waals surface area contributed by atoms with Crippen LogP contribution in [0.2, 0.25) is 0 Å². The van der Waals surface area contributed by atoms with Gasteiger partial charge >= 0.3 is 5.97 Å². The SMILES string of the molecule is COc1cc(C=C2C[C@H]3[C@@H]4CC=C5C[C@@H](OC(C)=O)CC[C@]5(C)[C@H]4CC[C@]3(C)NC2=O)cc(OC)c1OC. The molecule has 1 heterocycles. The minimum Gasteiger partial charge on any atom is -0.493 e. The second-order valence-corrected chi connectivity index (χ2v) is 12.0. The van der Waals surface area contributed by atoms with E-state index in [0.29, 0.717) is 35.0 Å². The summed E-state index contributed by atoms with van der Waals surface area (Å²) in [5.41, 5.74) is 3.03. The molecule has 1 saturated heterocycles. The van der Waals surface area contributed by atoms with Crippen molar-refractivity contribution < 1.29 is 28.5 Å². The first-order valence-electron chi connectivity index (χ1n) is 13.8. The second-order valence-electron chi connectivity index (χ2n) is 12.0. The lowest BCUT2D eigenvalue weighted by Crippen LogP contribution is -2.63. The number of piperidine rings is 1. The Morgan fingerprint density at radius 1 is 1.00 bits per heavy atom. The molecule has 1 aromatic carbocycles. The molecule has 1 aromatic rings. The third-order valence-corrected chi connectivity index (χ3v) is 9.94. The van der Waals surface area contributed by atoms with Crippen molar-refractivity contribution in [1.82, 2.24) is 5.32 Å². The zero-order chi connectivity index (χ0) is 27.2. The average Bonchev–Trinajstić information content (AvgIpc) is 2.88. The number of rotatable bonds is 5. The summed E-state index contributed by atoms with van der Waals surface area (Å²) in [7, 11) is 4.78. The average molecular weight is 524 g/mol. The van der Waals surface area contributed by atoms with Crippen LogP contribution in [0.15, 0.2) is 29.4 Å². The molecule has 3 aliphatic carbocycles. The zero-order valence-corrected chi connectivity index (χ0v) is 23.5. The van der Waals surface area contributed by atoms with E-state index in [1.165, 1.54) is 12.5 Å². The van der Waals surface area contributed by atoms with Gasteiger partial charge in [0.1, 0.15) is 6.10 Å². The van der Waals surface area contributed by atoms with Gasteiger partial charge in [-0.2, -0.15) is 0 Å². The van der Waals surface area contributed by atoms with Crippen LogP contribution in [-0.2, 0) is 14.3 Å². The van der Waals surface area contributed by atoms with Crippen molar-refractivity contribution in [2.75, 3.05) is 21.3 Å². The number of hydrogen-bond acceptors (Lipinski definition) is 6. The van der Waals surface area contributed by atoms with E-state index in [0.717, 1.165) is 56.1 Å². The molecule has 3 fully saturated rings. The quantitative estimate of drug-likeness (QED) is 0.313. The molecule has 7 heteroatoms. The van der Waals surface area contributed by atoms with E-state index in [1.807, 2.05) is 18.2 Å². The van der Waals surface area contributed by atoms with Gasteiger partial charge in [-0.1, -0.05) is 18.6 Å². The molecule has 206 valence electrons. The van der Waals surface area contributed by atoms with Gasteiger partial charge in [0.05, 0.1) is 21.3 Å². The summed E-state index contributed by atoms with van der Waals surface area (Å²) in [6.45, 7) is 6.17. The standard InChI is InChI=1S/C31H41NO6/c1-18(33)38-22-9-11-30(2)21(17-22)7-8-23-24(30)10-12-31(3)25(23)16-20(29(34)32-31)13-19-14-26(35-4)28(37-6)27(15-19)36-5/h7,13-15,22-25H,8-12,16-17H2,1-6H3,(H,32,34)/t22-,23+,24-,25-,30-,31-/m0/s1. The highest BCUT2D eigenvalue weighted by molar-refractivity contribution is 5.99. The molecule has 6 atom stereocenters. The molecule has 0 radical (unpaired) electrons. The summed E-state index contributed by atoms with van der Waals surface area (Å²) < 4.78 is 22.1. The molecule has 1 N–H and O–H groups in total. The number of benzene rings is 1. The molecule has 0 aromatic heterocycles. The van der Waals surface area contributed by atoms with Gasteiger partial charge in [-0.15, -0.1) is 0 Å². The van der Waals surface area contributed by atoms with Crippen LogP contribution in [0.3, 0.4) is 0 Å². The molecule has 1 amide bonds. The first kappa shape index (κ1) is 26.6. The molecule has 5 rings (SSSR count). The van der Waals surface area contributed by atoms with Crippen LogP contribution in [0.1, 0.15) is 71.3 Å². The minimum atomic E-state index is -0.207. The molecule has 7 nitrogen and oxygen atoms in total. The number of ether oxygens (including phenoxy) is 4. The molecule has 0 spiro atoms. The molecule has 0 bridgehead atoms. The number of carbonyl (C=O) groups is 2. The normalized spacial score (nSPS) is 35.2. The van der Waals surface area contributed by atoms with E-state index in [4.69, 9.17) is 18.9 Å². The maximum Gasteiger partial charge on any atom is 0.302 e. The van der Waals surface area contributed by atoms with Crippen LogP contribution in [-0.4, -0.2) is 44.8 Å². The fourth-order valence-electron chi connectivity index (χ4n) is 7.99. The lowest BCUT2D eigenvalue weighted by atomic mass is 9.48. The third kappa shape index (κ3) is 4.48. The van der Waals surface area contributed by atoms with Gasteiger partial charge in [0.15, 0.2) is 11.5 Å². The number of nitrogens with one attached hydrogen (secondary N) is 1. The number of allylic oxidation sites excluding steroid dienone is 1. The highest BCUT2D eigenvalue weighted by Gasteiger charge is 2.56. The number of amides is 1. The second kappa shape index (κ2) is 9.97. The van der Waals surface area contributed by atoms with Crippen LogP contribution in [0.5, 0.6) is 17.2 Å². The Balaban J connectivity index is 1.44.